The first-order chi connectivity index (χ1) is 14.8. The molecule has 0 aliphatic heterocycles. The van der Waals surface area contributed by atoms with Crippen LogP contribution in [0.5, 0.6) is 0 Å². The van der Waals surface area contributed by atoms with Crippen molar-refractivity contribution in [1.82, 2.24) is 20.3 Å². The number of nitrogens with two attached hydrogens (primary N) is 2. The third-order valence-electron chi connectivity index (χ3n) is 4.37. The number of benzene rings is 2. The van der Waals surface area contributed by atoms with Crippen LogP contribution in [0.1, 0.15) is 21.5 Å². The lowest BCUT2D eigenvalue weighted by molar-refractivity contribution is -0.138. The maximum Gasteiger partial charge on any atom is 0.320 e. The van der Waals surface area contributed by atoms with Gasteiger partial charge < -0.3 is 16.6 Å². The molecule has 6 N–H and O–H groups in total. The molecule has 0 aliphatic rings. The highest BCUT2D eigenvalue weighted by Gasteiger charge is 2.14. The third kappa shape index (κ3) is 5.48. The van der Waals surface area contributed by atoms with Crippen LogP contribution in [0.15, 0.2) is 59.9 Å². The van der Waals surface area contributed by atoms with E-state index in [2.05, 4.69) is 20.5 Å². The minimum atomic E-state index is -1.10. The van der Waals surface area contributed by atoms with Gasteiger partial charge in [-0.1, -0.05) is 18.2 Å². The van der Waals surface area contributed by atoms with E-state index in [1.807, 2.05) is 0 Å². The van der Waals surface area contributed by atoms with Gasteiger partial charge in [0, 0.05) is 11.1 Å². The molecule has 0 saturated carbocycles. The topological polar surface area (TPSA) is 162 Å². The average molecular weight is 425 g/mol. The lowest BCUT2D eigenvalue weighted by Crippen LogP contribution is -2.37. The Bertz CT molecular complexity index is 1100. The van der Waals surface area contributed by atoms with E-state index in [0.29, 0.717) is 11.3 Å². The number of carboxylic acids is 1. The highest BCUT2D eigenvalue weighted by Crippen LogP contribution is 2.17. The first kappa shape index (κ1) is 21.6. The van der Waals surface area contributed by atoms with Gasteiger partial charge in [0.1, 0.15) is 11.9 Å². The zero-order chi connectivity index (χ0) is 22.4. The highest BCUT2D eigenvalue weighted by atomic mass is 19.1. The van der Waals surface area contributed by atoms with E-state index in [1.54, 1.807) is 18.2 Å². The van der Waals surface area contributed by atoms with Crippen molar-refractivity contribution in [3.8, 4) is 5.69 Å². The number of carbonyl (C=O) groups excluding carboxylic acids is 1. The second-order valence-electron chi connectivity index (χ2n) is 6.56. The van der Waals surface area contributed by atoms with E-state index in [1.165, 1.54) is 41.5 Å². The number of hydrogen-bond donors (Lipinski definition) is 4. The Labute approximate surface area is 176 Å². The van der Waals surface area contributed by atoms with E-state index in [0.717, 1.165) is 0 Å². The first-order valence-electron chi connectivity index (χ1n) is 9.18. The van der Waals surface area contributed by atoms with Crippen LogP contribution in [-0.4, -0.2) is 44.0 Å². The number of nitrogens with zero attached hydrogens (tertiary/aromatic N) is 4. The number of guanidine groups is 1. The summed E-state index contributed by atoms with van der Waals surface area (Å²) in [5.74, 6) is -2.32. The number of carbonyl (C=O) groups is 2. The van der Waals surface area contributed by atoms with Gasteiger partial charge in [-0.25, -0.2) is 9.38 Å². The summed E-state index contributed by atoms with van der Waals surface area (Å²) in [5.41, 5.74) is 12.9. The summed E-state index contributed by atoms with van der Waals surface area (Å²) in [4.78, 5) is 28.5. The van der Waals surface area contributed by atoms with Gasteiger partial charge in [-0.15, -0.1) is 0 Å². The number of nitrogens with one attached hydrogen (secondary N) is 1. The van der Waals surface area contributed by atoms with Crippen LogP contribution in [-0.2, 0) is 17.8 Å². The van der Waals surface area contributed by atoms with Crippen molar-refractivity contribution in [1.29, 1.82) is 0 Å². The Hall–Kier alpha value is -4.12. The summed E-state index contributed by atoms with van der Waals surface area (Å²) in [7, 11) is 0. The van der Waals surface area contributed by atoms with Gasteiger partial charge in [0.15, 0.2) is 5.96 Å². The van der Waals surface area contributed by atoms with E-state index >= 15 is 0 Å². The van der Waals surface area contributed by atoms with Crippen molar-refractivity contribution in [3.05, 3.63) is 77.4 Å². The van der Waals surface area contributed by atoms with Crippen LogP contribution in [0.2, 0.25) is 0 Å². The molecule has 1 amide bonds. The second kappa shape index (κ2) is 9.59. The SMILES string of the molecule is NC(=NCc1c(F)cccc1-n1nccn1)NC(=O)c1ccc(C[C@H](N)C(=O)O)cc1. The maximum atomic E-state index is 14.3. The molecule has 10 nitrogen and oxygen atoms in total. The van der Waals surface area contributed by atoms with Crippen LogP contribution < -0.4 is 16.8 Å². The van der Waals surface area contributed by atoms with Crippen LogP contribution in [0.3, 0.4) is 0 Å². The number of amides is 1. The van der Waals surface area contributed by atoms with Crippen molar-refractivity contribution in [3.63, 3.8) is 0 Å². The van der Waals surface area contributed by atoms with Crippen LogP contribution >= 0.6 is 0 Å². The predicted octanol–water partition coefficient (Wildman–Crippen LogP) is 0.606. The maximum absolute atomic E-state index is 14.3. The largest absolute Gasteiger partial charge is 0.480 e. The molecule has 1 aromatic heterocycles. The van der Waals surface area contributed by atoms with E-state index in [4.69, 9.17) is 16.6 Å². The minimum Gasteiger partial charge on any atom is -0.480 e. The fraction of sp³-hybridized carbons (Fsp3) is 0.150. The second-order valence-corrected chi connectivity index (χ2v) is 6.56. The summed E-state index contributed by atoms with van der Waals surface area (Å²) in [6.45, 7) is -0.137. The number of aromatic nitrogens is 3. The monoisotopic (exact) mass is 425 g/mol. The van der Waals surface area contributed by atoms with Crippen LogP contribution in [0.4, 0.5) is 4.39 Å². The average Bonchev–Trinajstić information content (AvgIpc) is 3.27. The van der Waals surface area contributed by atoms with Crippen LogP contribution in [0.25, 0.3) is 5.69 Å². The number of halogens is 1. The van der Waals surface area contributed by atoms with Crippen LogP contribution in [0, 0.1) is 5.82 Å². The zero-order valence-corrected chi connectivity index (χ0v) is 16.3. The van der Waals surface area contributed by atoms with Gasteiger partial charge in [-0.2, -0.15) is 15.0 Å². The first-order valence-corrected chi connectivity index (χ1v) is 9.18. The molecule has 0 spiro atoms. The molecular weight excluding hydrogens is 405 g/mol. The van der Waals surface area contributed by atoms with E-state index in [9.17, 15) is 14.0 Å². The van der Waals surface area contributed by atoms with Gasteiger partial charge in [0.05, 0.1) is 24.6 Å². The number of carboxylic acid groups (broad SMARTS) is 1. The Balaban J connectivity index is 1.66. The molecule has 0 aliphatic carbocycles. The molecule has 0 bridgehead atoms. The predicted molar refractivity (Wildman–Crippen MR) is 110 cm³/mol. The smallest absolute Gasteiger partial charge is 0.320 e. The highest BCUT2D eigenvalue weighted by molar-refractivity contribution is 6.05. The molecule has 3 aromatic rings. The molecule has 0 saturated heterocycles. The summed E-state index contributed by atoms with van der Waals surface area (Å²) < 4.78 is 14.3. The Morgan fingerprint density at radius 3 is 2.48 bits per heavy atom. The Kier molecular flexibility index (Phi) is 6.67. The summed E-state index contributed by atoms with van der Waals surface area (Å²) >= 11 is 0. The van der Waals surface area contributed by atoms with Gasteiger partial charge in [0.25, 0.3) is 5.91 Å². The summed E-state index contributed by atoms with van der Waals surface area (Å²) in [6.07, 6.45) is 3.07. The number of hydrogen-bond acceptors (Lipinski definition) is 6. The van der Waals surface area contributed by atoms with Gasteiger partial charge in [-0.05, 0) is 36.2 Å². The minimum absolute atomic E-state index is 0.136. The lowest BCUT2D eigenvalue weighted by Gasteiger charge is -2.09. The molecule has 1 heterocycles. The molecule has 0 unspecified atom stereocenters. The standard InChI is InChI=1S/C20H20FN7O3/c21-15-2-1-3-17(28-25-8-9-26-28)14(15)11-24-20(23)27-18(29)13-6-4-12(5-7-13)10-16(22)19(30)31/h1-9,16H,10-11,22H2,(H,30,31)(H3,23,24,27,29)/t16-/m0/s1. The quantitative estimate of drug-likeness (QED) is 0.318. The Morgan fingerprint density at radius 2 is 1.84 bits per heavy atom. The van der Waals surface area contributed by atoms with E-state index < -0.39 is 23.7 Å². The fourth-order valence-electron chi connectivity index (χ4n) is 2.76. The third-order valence-corrected chi connectivity index (χ3v) is 4.37. The molecule has 3 rings (SSSR count). The van der Waals surface area contributed by atoms with Gasteiger partial charge in [-0.3, -0.25) is 14.9 Å². The fourth-order valence-corrected chi connectivity index (χ4v) is 2.76. The molecule has 2 aromatic carbocycles. The van der Waals surface area contributed by atoms with Gasteiger partial charge in [0.2, 0.25) is 0 Å². The molecule has 1 atom stereocenters. The molecular formula is C20H20FN7O3. The van der Waals surface area contributed by atoms with Crippen molar-refractivity contribution in [2.45, 2.75) is 19.0 Å². The Morgan fingerprint density at radius 1 is 1.16 bits per heavy atom. The van der Waals surface area contributed by atoms with Gasteiger partial charge >= 0.3 is 5.97 Å². The molecule has 11 heteroatoms. The number of aliphatic carboxylic acids is 1. The van der Waals surface area contributed by atoms with Crippen molar-refractivity contribution >= 4 is 17.8 Å². The molecule has 160 valence electrons. The number of rotatable bonds is 7. The van der Waals surface area contributed by atoms with Crippen molar-refractivity contribution < 1.29 is 19.1 Å². The van der Waals surface area contributed by atoms with Crippen molar-refractivity contribution in [2.24, 2.45) is 16.5 Å². The van der Waals surface area contributed by atoms with Crippen molar-refractivity contribution in [2.75, 3.05) is 0 Å². The van der Waals surface area contributed by atoms with E-state index in [-0.39, 0.29) is 30.1 Å². The molecule has 31 heavy (non-hydrogen) atoms. The zero-order valence-electron chi connectivity index (χ0n) is 16.3. The molecule has 0 radical (unpaired) electrons. The summed E-state index contributed by atoms with van der Waals surface area (Å²) in [6, 6.07) is 9.67. The lowest BCUT2D eigenvalue weighted by atomic mass is 10.0. The summed E-state index contributed by atoms with van der Waals surface area (Å²) in [5, 5.41) is 19.3. The molecule has 0 fully saturated rings. The number of aliphatic imine (C=N–C) groups is 1. The normalized spacial score (nSPS) is 12.4.